The highest BCUT2D eigenvalue weighted by molar-refractivity contribution is 6.35. The van der Waals surface area contributed by atoms with Crippen LogP contribution in [-0.2, 0) is 11.2 Å². The van der Waals surface area contributed by atoms with E-state index in [0.717, 1.165) is 11.3 Å². The van der Waals surface area contributed by atoms with Gasteiger partial charge in [-0.25, -0.2) is 0 Å². The largest absolute Gasteiger partial charge is 0.423 e. The zero-order valence-corrected chi connectivity index (χ0v) is 13.7. The number of oxazole rings is 1. The van der Waals surface area contributed by atoms with Gasteiger partial charge >= 0.3 is 0 Å². The van der Waals surface area contributed by atoms with Crippen LogP contribution in [0.3, 0.4) is 0 Å². The molecule has 0 atom stereocenters. The number of Topliss-reactive ketones (excluding diaryl/α,β-unsaturated/α-hetero) is 1. The molecule has 0 radical (unpaired) electrons. The van der Waals surface area contributed by atoms with Crippen LogP contribution in [0.2, 0.25) is 5.02 Å². The smallest absolute Gasteiger partial charge is 0.300 e. The van der Waals surface area contributed by atoms with Crippen LogP contribution >= 0.6 is 11.6 Å². The molecule has 2 aromatic carbocycles. The first-order valence-electron chi connectivity index (χ1n) is 7.46. The number of hydrogen-bond acceptors (Lipinski definition) is 4. The molecule has 1 heterocycles. The van der Waals surface area contributed by atoms with Crippen molar-refractivity contribution < 1.29 is 9.21 Å². The third-order valence-electron chi connectivity index (χ3n) is 3.56. The van der Waals surface area contributed by atoms with Crippen molar-refractivity contribution in [2.24, 2.45) is 5.92 Å². The molecular weight excluding hydrogens is 312 g/mol. The molecule has 23 heavy (non-hydrogen) atoms. The molecule has 0 amide bonds. The number of nitrogens with one attached hydrogen (secondary N) is 1. The Bertz CT molecular complexity index is 841. The first-order valence-corrected chi connectivity index (χ1v) is 7.84. The van der Waals surface area contributed by atoms with Crippen LogP contribution in [0, 0.1) is 5.92 Å². The second-order valence-corrected chi connectivity index (χ2v) is 6.14. The standard InChI is InChI=1S/C18H17ClN2O2/c1-11(2)15(22)9-12-8-14(19)17-16(10-12)23-18(21-17)20-13-6-4-3-5-7-13/h3-8,10-11H,9H2,1-2H3,(H,20,21). The van der Waals surface area contributed by atoms with Gasteiger partial charge in [0.05, 0.1) is 5.02 Å². The topological polar surface area (TPSA) is 55.1 Å². The fourth-order valence-electron chi connectivity index (χ4n) is 2.25. The summed E-state index contributed by atoms with van der Waals surface area (Å²) in [6, 6.07) is 13.6. The van der Waals surface area contributed by atoms with E-state index in [4.69, 9.17) is 16.0 Å². The van der Waals surface area contributed by atoms with Gasteiger partial charge < -0.3 is 9.73 Å². The van der Waals surface area contributed by atoms with E-state index >= 15 is 0 Å². The summed E-state index contributed by atoms with van der Waals surface area (Å²) in [6.45, 7) is 3.78. The molecule has 118 valence electrons. The Balaban J connectivity index is 1.90. The average Bonchev–Trinajstić information content (AvgIpc) is 2.91. The summed E-state index contributed by atoms with van der Waals surface area (Å²) < 4.78 is 5.72. The number of halogens is 1. The van der Waals surface area contributed by atoms with Crippen molar-refractivity contribution in [1.82, 2.24) is 4.98 Å². The molecule has 0 unspecified atom stereocenters. The molecule has 0 aliphatic heterocycles. The normalized spacial score (nSPS) is 11.1. The van der Waals surface area contributed by atoms with E-state index in [0.29, 0.717) is 28.6 Å². The number of benzene rings is 2. The van der Waals surface area contributed by atoms with E-state index in [2.05, 4.69) is 10.3 Å². The second-order valence-electron chi connectivity index (χ2n) is 5.73. The van der Waals surface area contributed by atoms with E-state index in [1.165, 1.54) is 0 Å². The Labute approximate surface area is 139 Å². The maximum absolute atomic E-state index is 11.9. The fourth-order valence-corrected chi connectivity index (χ4v) is 2.52. The van der Waals surface area contributed by atoms with Gasteiger partial charge in [0.15, 0.2) is 5.58 Å². The van der Waals surface area contributed by atoms with E-state index in [1.54, 1.807) is 6.07 Å². The second kappa shape index (κ2) is 6.42. The van der Waals surface area contributed by atoms with Gasteiger partial charge in [0.2, 0.25) is 0 Å². The van der Waals surface area contributed by atoms with Gasteiger partial charge in [-0.15, -0.1) is 0 Å². The van der Waals surface area contributed by atoms with Crippen LogP contribution in [0.15, 0.2) is 46.9 Å². The Morgan fingerprint density at radius 3 is 2.70 bits per heavy atom. The molecule has 0 fully saturated rings. The summed E-state index contributed by atoms with van der Waals surface area (Å²) >= 11 is 6.28. The molecule has 0 aliphatic carbocycles. The highest BCUT2D eigenvalue weighted by Gasteiger charge is 2.14. The minimum atomic E-state index is -0.00509. The highest BCUT2D eigenvalue weighted by Crippen LogP contribution is 2.29. The van der Waals surface area contributed by atoms with Crippen molar-refractivity contribution in [2.45, 2.75) is 20.3 Å². The summed E-state index contributed by atoms with van der Waals surface area (Å²) in [5.41, 5.74) is 2.88. The zero-order chi connectivity index (χ0) is 16.4. The number of ketones is 1. The molecule has 1 N–H and O–H groups in total. The fraction of sp³-hybridized carbons (Fsp3) is 0.222. The van der Waals surface area contributed by atoms with E-state index in [1.807, 2.05) is 50.2 Å². The van der Waals surface area contributed by atoms with Crippen LogP contribution < -0.4 is 5.32 Å². The van der Waals surface area contributed by atoms with Crippen molar-refractivity contribution in [2.75, 3.05) is 5.32 Å². The quantitative estimate of drug-likeness (QED) is 0.716. The Morgan fingerprint density at radius 1 is 1.26 bits per heavy atom. The lowest BCUT2D eigenvalue weighted by Crippen LogP contribution is -2.10. The van der Waals surface area contributed by atoms with Crippen molar-refractivity contribution >= 4 is 40.2 Å². The molecular formula is C18H17ClN2O2. The van der Waals surface area contributed by atoms with Gasteiger partial charge in [-0.1, -0.05) is 43.6 Å². The molecule has 5 heteroatoms. The maximum atomic E-state index is 11.9. The SMILES string of the molecule is CC(C)C(=O)Cc1cc(Cl)c2nc(Nc3ccccc3)oc2c1. The zero-order valence-electron chi connectivity index (χ0n) is 13.0. The number of rotatable bonds is 5. The summed E-state index contributed by atoms with van der Waals surface area (Å²) in [5.74, 6) is 0.164. The van der Waals surface area contributed by atoms with Crippen LogP contribution in [0.5, 0.6) is 0 Å². The third kappa shape index (κ3) is 3.54. The van der Waals surface area contributed by atoms with Gasteiger partial charge in [-0.2, -0.15) is 4.98 Å². The van der Waals surface area contributed by atoms with Gasteiger partial charge in [-0.05, 0) is 29.8 Å². The summed E-state index contributed by atoms with van der Waals surface area (Å²) in [7, 11) is 0. The number of para-hydroxylation sites is 1. The molecule has 1 aromatic heterocycles. The van der Waals surface area contributed by atoms with Crippen molar-refractivity contribution in [3.63, 3.8) is 0 Å². The number of carbonyl (C=O) groups is 1. The molecule has 0 spiro atoms. The molecule has 0 bridgehead atoms. The Kier molecular flexibility index (Phi) is 4.35. The van der Waals surface area contributed by atoms with Crippen LogP contribution in [0.25, 0.3) is 11.1 Å². The molecule has 0 aliphatic rings. The van der Waals surface area contributed by atoms with Crippen molar-refractivity contribution in [1.29, 1.82) is 0 Å². The molecule has 0 saturated carbocycles. The Hall–Kier alpha value is -2.33. The summed E-state index contributed by atoms with van der Waals surface area (Å²) in [4.78, 5) is 16.3. The third-order valence-corrected chi connectivity index (χ3v) is 3.84. The summed E-state index contributed by atoms with van der Waals surface area (Å²) in [5, 5.41) is 3.58. The number of aromatic nitrogens is 1. The number of hydrogen-bond donors (Lipinski definition) is 1. The molecule has 3 aromatic rings. The van der Waals surface area contributed by atoms with Gasteiger partial charge in [0.25, 0.3) is 6.01 Å². The number of anilines is 2. The van der Waals surface area contributed by atoms with Crippen molar-refractivity contribution in [3.8, 4) is 0 Å². The molecule has 4 nitrogen and oxygen atoms in total. The van der Waals surface area contributed by atoms with E-state index < -0.39 is 0 Å². The number of nitrogens with zero attached hydrogens (tertiary/aromatic N) is 1. The molecule has 3 rings (SSSR count). The maximum Gasteiger partial charge on any atom is 0.300 e. The van der Waals surface area contributed by atoms with Gasteiger partial charge in [0, 0.05) is 18.0 Å². The van der Waals surface area contributed by atoms with Gasteiger partial charge in [-0.3, -0.25) is 4.79 Å². The minimum absolute atomic E-state index is 0.00509. The van der Waals surface area contributed by atoms with E-state index in [9.17, 15) is 4.79 Å². The monoisotopic (exact) mass is 328 g/mol. The molecule has 0 saturated heterocycles. The summed E-state index contributed by atoms with van der Waals surface area (Å²) in [6.07, 6.45) is 0.343. The first kappa shape index (κ1) is 15.6. The lowest BCUT2D eigenvalue weighted by Gasteiger charge is -2.04. The average molecular weight is 329 g/mol. The van der Waals surface area contributed by atoms with Crippen LogP contribution in [0.1, 0.15) is 19.4 Å². The number of fused-ring (bicyclic) bond motifs is 1. The predicted molar refractivity (Wildman–Crippen MR) is 92.3 cm³/mol. The first-order chi connectivity index (χ1) is 11.0. The lowest BCUT2D eigenvalue weighted by molar-refractivity contribution is -0.121. The van der Waals surface area contributed by atoms with Crippen LogP contribution in [0.4, 0.5) is 11.7 Å². The van der Waals surface area contributed by atoms with Crippen molar-refractivity contribution in [3.05, 3.63) is 53.1 Å². The van der Waals surface area contributed by atoms with Gasteiger partial charge in [0.1, 0.15) is 11.3 Å². The lowest BCUT2D eigenvalue weighted by atomic mass is 10.0. The Morgan fingerprint density at radius 2 is 2.00 bits per heavy atom. The number of carbonyl (C=O) groups excluding carboxylic acids is 1. The van der Waals surface area contributed by atoms with Crippen LogP contribution in [-0.4, -0.2) is 10.8 Å². The predicted octanol–water partition coefficient (Wildman–Crippen LogP) is 4.99. The minimum Gasteiger partial charge on any atom is -0.423 e. The van der Waals surface area contributed by atoms with E-state index in [-0.39, 0.29) is 11.7 Å². The highest BCUT2D eigenvalue weighted by atomic mass is 35.5.